The molecule has 12 atom stereocenters. The van der Waals surface area contributed by atoms with Crippen molar-refractivity contribution in [3.05, 3.63) is 12.2 Å². The average Bonchev–Trinajstić information content (AvgIpc) is 0.831. The minimum atomic E-state index is -1.79. The summed E-state index contributed by atoms with van der Waals surface area (Å²) in [5.41, 5.74) is 0. The van der Waals surface area contributed by atoms with Crippen molar-refractivity contribution in [1.29, 1.82) is 0 Å². The number of unbranched alkanes of at least 4 members (excludes halogenated alkanes) is 56. The molecular weight excluding hydrogens is 1170 g/mol. The highest BCUT2D eigenvalue weighted by atomic mass is 16.7. The Morgan fingerprint density at radius 3 is 0.989 bits per heavy atom. The van der Waals surface area contributed by atoms with Crippen LogP contribution in [0.2, 0.25) is 0 Å². The molecule has 0 aliphatic carbocycles. The predicted molar refractivity (Wildman–Crippen MR) is 383 cm³/mol. The summed E-state index contributed by atoms with van der Waals surface area (Å²) < 4.78 is 22.9. The molecule has 0 radical (unpaired) electrons. The zero-order valence-corrected chi connectivity index (χ0v) is 60.5. The molecule has 12 unspecified atom stereocenters. The number of carbonyl (C=O) groups excluding carboxylic acids is 1. The van der Waals surface area contributed by atoms with Gasteiger partial charge < -0.3 is 65.1 Å². The number of aliphatic hydroxyl groups is 8. The lowest BCUT2D eigenvalue weighted by atomic mass is 9.97. The fourth-order valence-electron chi connectivity index (χ4n) is 13.8. The van der Waals surface area contributed by atoms with Crippen LogP contribution >= 0.6 is 0 Å². The van der Waals surface area contributed by atoms with E-state index in [1.54, 1.807) is 6.08 Å². The molecule has 2 aliphatic heterocycles. The van der Waals surface area contributed by atoms with Gasteiger partial charge in [-0.05, 0) is 19.3 Å². The van der Waals surface area contributed by atoms with E-state index in [1.807, 2.05) is 6.08 Å². The largest absolute Gasteiger partial charge is 0.394 e. The third kappa shape index (κ3) is 47.4. The molecule has 0 aromatic rings. The van der Waals surface area contributed by atoms with Crippen molar-refractivity contribution in [2.24, 2.45) is 0 Å². The Labute approximate surface area is 571 Å². The molecule has 93 heavy (non-hydrogen) atoms. The van der Waals surface area contributed by atoms with E-state index in [0.717, 1.165) is 44.9 Å². The maximum absolute atomic E-state index is 13.4. The Morgan fingerprint density at radius 1 is 0.376 bits per heavy atom. The maximum Gasteiger partial charge on any atom is 0.220 e. The summed E-state index contributed by atoms with van der Waals surface area (Å²) in [6.45, 7) is 2.88. The van der Waals surface area contributed by atoms with Crippen LogP contribution in [0.15, 0.2) is 12.2 Å². The van der Waals surface area contributed by atoms with Crippen molar-refractivity contribution in [3.8, 4) is 0 Å². The zero-order valence-electron chi connectivity index (χ0n) is 60.5. The molecule has 0 aromatic heterocycles. The smallest absolute Gasteiger partial charge is 0.220 e. The first-order chi connectivity index (χ1) is 45.6. The van der Waals surface area contributed by atoms with Crippen molar-refractivity contribution in [3.63, 3.8) is 0 Å². The number of rotatable bonds is 69. The number of aliphatic hydroxyl groups excluding tert-OH is 8. The quantitative estimate of drug-likeness (QED) is 0.0204. The number of hydrogen-bond acceptors (Lipinski definition) is 13. The molecular formula is C79H153NO13. The SMILES string of the molecule is CCCCCCCCCCCCCCCCCCCCCCCC/C=C/C(O)C(COC1OC(CO)C(OC2OC(CO)C(O)C(O)C2O)C(O)C1O)NC(=O)CCCCCCCCCCCCCCCCCCCCCCCCCCCCCCCCCCCCC. The first-order valence-electron chi connectivity index (χ1n) is 40.4. The lowest BCUT2D eigenvalue weighted by Gasteiger charge is -2.46. The predicted octanol–water partition coefficient (Wildman–Crippen LogP) is 18.1. The number of carbonyl (C=O) groups is 1. The Bertz CT molecular complexity index is 1610. The first-order valence-corrected chi connectivity index (χ1v) is 40.4. The Hall–Kier alpha value is -1.27. The van der Waals surface area contributed by atoms with E-state index in [0.29, 0.717) is 0 Å². The van der Waals surface area contributed by atoms with Crippen LogP contribution in [0.3, 0.4) is 0 Å². The third-order valence-electron chi connectivity index (χ3n) is 20.2. The van der Waals surface area contributed by atoms with E-state index < -0.39 is 86.8 Å². The second-order valence-corrected chi connectivity index (χ2v) is 28.9. The fourth-order valence-corrected chi connectivity index (χ4v) is 13.8. The lowest BCUT2D eigenvalue weighted by Crippen LogP contribution is -2.65. The molecule has 2 aliphatic rings. The molecule has 0 spiro atoms. The summed E-state index contributed by atoms with van der Waals surface area (Å²) in [4.78, 5) is 13.4. The van der Waals surface area contributed by atoms with Crippen LogP contribution in [0.4, 0.5) is 0 Å². The molecule has 1 amide bonds. The highest BCUT2D eigenvalue weighted by molar-refractivity contribution is 5.76. The molecule has 2 saturated heterocycles. The maximum atomic E-state index is 13.4. The van der Waals surface area contributed by atoms with E-state index in [1.165, 1.54) is 327 Å². The van der Waals surface area contributed by atoms with Gasteiger partial charge in [0, 0.05) is 6.42 Å². The number of hydrogen-bond donors (Lipinski definition) is 9. The number of ether oxygens (including phenoxy) is 4. The summed E-state index contributed by atoms with van der Waals surface area (Å²) in [6.07, 6.45) is 64.5. The summed E-state index contributed by atoms with van der Waals surface area (Å²) in [6, 6.07) is -0.912. The number of amides is 1. The van der Waals surface area contributed by atoms with Gasteiger partial charge in [0.15, 0.2) is 12.6 Å². The van der Waals surface area contributed by atoms with E-state index in [2.05, 4.69) is 19.2 Å². The normalized spacial score (nSPS) is 22.5. The van der Waals surface area contributed by atoms with Gasteiger partial charge in [0.1, 0.15) is 48.8 Å². The van der Waals surface area contributed by atoms with Crippen LogP contribution in [0.1, 0.15) is 393 Å². The molecule has 9 N–H and O–H groups in total. The molecule has 2 rings (SSSR count). The van der Waals surface area contributed by atoms with Crippen molar-refractivity contribution in [1.82, 2.24) is 5.32 Å². The van der Waals surface area contributed by atoms with E-state index >= 15 is 0 Å². The molecule has 2 heterocycles. The Balaban J connectivity index is 1.59. The van der Waals surface area contributed by atoms with Gasteiger partial charge in [0.05, 0.1) is 32.0 Å². The van der Waals surface area contributed by atoms with Gasteiger partial charge in [-0.1, -0.05) is 379 Å². The summed E-state index contributed by atoms with van der Waals surface area (Å²) in [7, 11) is 0. The molecule has 0 bridgehead atoms. The van der Waals surface area contributed by atoms with E-state index in [9.17, 15) is 45.6 Å². The molecule has 14 nitrogen and oxygen atoms in total. The fraction of sp³-hybridized carbons (Fsp3) is 0.962. The monoisotopic (exact) mass is 1320 g/mol. The first kappa shape index (κ1) is 87.8. The van der Waals surface area contributed by atoms with Crippen molar-refractivity contribution in [2.45, 2.75) is 466 Å². The zero-order chi connectivity index (χ0) is 67.3. The van der Waals surface area contributed by atoms with Crippen LogP contribution in [0, 0.1) is 0 Å². The average molecular weight is 1330 g/mol. The van der Waals surface area contributed by atoms with Gasteiger partial charge >= 0.3 is 0 Å². The minimum absolute atomic E-state index is 0.229. The molecule has 0 aromatic carbocycles. The highest BCUT2D eigenvalue weighted by Gasteiger charge is 2.51. The van der Waals surface area contributed by atoms with Gasteiger partial charge in [-0.15, -0.1) is 0 Å². The van der Waals surface area contributed by atoms with E-state index in [4.69, 9.17) is 18.9 Å². The topological polar surface area (TPSA) is 228 Å². The van der Waals surface area contributed by atoms with Crippen LogP contribution < -0.4 is 5.32 Å². The van der Waals surface area contributed by atoms with Crippen LogP contribution in [0.25, 0.3) is 0 Å². The molecule has 14 heteroatoms. The third-order valence-corrected chi connectivity index (χ3v) is 20.2. The standard InChI is InChI=1S/C79H153NO13/c1-3-5-7-9-11-13-15-17-19-21-23-25-27-29-30-31-32-33-34-35-36-37-38-39-41-43-45-47-49-51-53-55-57-59-61-63-71(84)80-67(66-90-78-76(89)74(87)77(70(65-82)92-78)93-79-75(88)73(86)72(85)69(64-81)91-79)68(83)62-60-58-56-54-52-50-48-46-44-42-40-28-26-24-22-20-18-16-14-12-10-8-6-4-2/h60,62,67-70,72-79,81-83,85-89H,3-59,61,63-66H2,1-2H3,(H,80,84)/b62-60+. The van der Waals surface area contributed by atoms with Gasteiger partial charge in [0.2, 0.25) is 5.91 Å². The van der Waals surface area contributed by atoms with Crippen LogP contribution in [0.5, 0.6) is 0 Å². The molecule has 552 valence electrons. The van der Waals surface area contributed by atoms with Crippen LogP contribution in [-0.4, -0.2) is 140 Å². The van der Waals surface area contributed by atoms with Crippen molar-refractivity contribution >= 4 is 5.91 Å². The summed E-state index contributed by atoms with van der Waals surface area (Å²) >= 11 is 0. The Morgan fingerprint density at radius 2 is 0.667 bits per heavy atom. The van der Waals surface area contributed by atoms with Gasteiger partial charge in [-0.2, -0.15) is 0 Å². The summed E-state index contributed by atoms with van der Waals surface area (Å²) in [5.74, 6) is -0.229. The highest BCUT2D eigenvalue weighted by Crippen LogP contribution is 2.30. The van der Waals surface area contributed by atoms with Crippen molar-refractivity contribution in [2.75, 3.05) is 19.8 Å². The lowest BCUT2D eigenvalue weighted by molar-refractivity contribution is -0.359. The molecule has 0 saturated carbocycles. The van der Waals surface area contributed by atoms with Gasteiger partial charge in [-0.3, -0.25) is 4.79 Å². The number of allylic oxidation sites excluding steroid dienone is 1. The Kier molecular flexibility index (Phi) is 60.6. The van der Waals surface area contributed by atoms with Gasteiger partial charge in [-0.25, -0.2) is 0 Å². The van der Waals surface area contributed by atoms with Crippen molar-refractivity contribution < 1.29 is 64.6 Å². The minimum Gasteiger partial charge on any atom is -0.394 e. The van der Waals surface area contributed by atoms with Crippen LogP contribution in [-0.2, 0) is 23.7 Å². The summed E-state index contributed by atoms with van der Waals surface area (Å²) in [5, 5.41) is 87.7. The number of nitrogens with one attached hydrogen (secondary N) is 1. The van der Waals surface area contributed by atoms with Gasteiger partial charge in [0.25, 0.3) is 0 Å². The molecule has 2 fully saturated rings. The second kappa shape index (κ2) is 64.1. The second-order valence-electron chi connectivity index (χ2n) is 28.9. The van der Waals surface area contributed by atoms with E-state index in [-0.39, 0.29) is 18.9 Å².